The molecule has 1 rings (SSSR count). The summed E-state index contributed by atoms with van der Waals surface area (Å²) in [5.74, 6) is -0.174. The molecule has 8 heteroatoms. The molecule has 0 aliphatic carbocycles. The van der Waals surface area contributed by atoms with Crippen LogP contribution in [0.1, 0.15) is 47.5 Å². The Morgan fingerprint density at radius 3 is 2.23 bits per heavy atom. The third kappa shape index (κ3) is 5.30. The topological polar surface area (TPSA) is 106 Å². The van der Waals surface area contributed by atoms with Crippen molar-refractivity contribution in [2.45, 2.75) is 57.5 Å². The van der Waals surface area contributed by atoms with E-state index in [9.17, 15) is 13.2 Å². The Morgan fingerprint density at radius 1 is 1.23 bits per heavy atom. The Kier molecular flexibility index (Phi) is 7.42. The molecule has 0 radical (unpaired) electrons. The van der Waals surface area contributed by atoms with Gasteiger partial charge in [-0.2, -0.15) is 0 Å². The van der Waals surface area contributed by atoms with Crippen LogP contribution in [0.25, 0.3) is 0 Å². The largest absolute Gasteiger partial charge is 0.499 e. The number of rotatable bonds is 7. The summed E-state index contributed by atoms with van der Waals surface area (Å²) in [6.45, 7) is 9.39. The fourth-order valence-electron chi connectivity index (χ4n) is 2.47. The zero-order valence-corrected chi connectivity index (χ0v) is 17.5. The van der Waals surface area contributed by atoms with Gasteiger partial charge in [-0.15, -0.1) is 0 Å². The summed E-state index contributed by atoms with van der Waals surface area (Å²) in [7, 11) is -2.20. The Bertz CT molecular complexity index is 654. The lowest BCUT2D eigenvalue weighted by molar-refractivity contribution is -0.122. The van der Waals surface area contributed by atoms with E-state index in [-0.39, 0.29) is 12.0 Å². The van der Waals surface area contributed by atoms with Gasteiger partial charge in [0.05, 0.1) is 18.9 Å². The van der Waals surface area contributed by atoms with E-state index in [2.05, 4.69) is 5.32 Å². The Balaban J connectivity index is 2.84. The van der Waals surface area contributed by atoms with Gasteiger partial charge in [-0.25, -0.2) is 8.42 Å². The predicted octanol–water partition coefficient (Wildman–Crippen LogP) is 2.07. The van der Waals surface area contributed by atoms with E-state index in [1.165, 1.54) is 21.0 Å². The summed E-state index contributed by atoms with van der Waals surface area (Å²) >= 11 is 0. The lowest BCUT2D eigenvalue weighted by Crippen LogP contribution is -2.52. The first kappa shape index (κ1) is 22.6. The van der Waals surface area contributed by atoms with Crippen LogP contribution in [0, 0.1) is 10.8 Å². The summed E-state index contributed by atoms with van der Waals surface area (Å²) in [5.41, 5.74) is 0.0112. The number of methoxy groups -OCH3 is 1. The minimum Gasteiger partial charge on any atom is -0.499 e. The van der Waals surface area contributed by atoms with Crippen LogP contribution in [0.2, 0.25) is 0 Å². The number of nitrogens with one attached hydrogen (secondary N) is 2. The summed E-state index contributed by atoms with van der Waals surface area (Å²) in [5, 5.41) is 10.1. The fourth-order valence-corrected chi connectivity index (χ4v) is 4.45. The lowest BCUT2D eigenvalue weighted by Gasteiger charge is -2.31. The van der Waals surface area contributed by atoms with Crippen LogP contribution in [0.3, 0.4) is 0 Å². The van der Waals surface area contributed by atoms with Crippen LogP contribution in [0.5, 0.6) is 0 Å². The highest BCUT2D eigenvalue weighted by Crippen LogP contribution is 2.27. The predicted molar refractivity (Wildman–Crippen MR) is 102 cm³/mol. The summed E-state index contributed by atoms with van der Waals surface area (Å²) in [4.78, 5) is 12.6. The van der Waals surface area contributed by atoms with Crippen molar-refractivity contribution >= 4 is 21.5 Å². The monoisotopic (exact) mass is 388 g/mol. The van der Waals surface area contributed by atoms with Crippen LogP contribution >= 0.6 is 0 Å². The van der Waals surface area contributed by atoms with Crippen molar-refractivity contribution in [1.82, 2.24) is 5.32 Å². The number of hydrogen-bond acceptors (Lipinski definition) is 6. The second-order valence-electron chi connectivity index (χ2n) is 8.03. The third-order valence-corrected chi connectivity index (χ3v) is 7.62. The molecule has 1 aliphatic heterocycles. The van der Waals surface area contributed by atoms with E-state index in [1.54, 1.807) is 6.08 Å². The van der Waals surface area contributed by atoms with E-state index in [1.807, 2.05) is 20.8 Å². The van der Waals surface area contributed by atoms with Gasteiger partial charge in [0, 0.05) is 24.3 Å². The van der Waals surface area contributed by atoms with Gasteiger partial charge in [0.2, 0.25) is 5.91 Å². The molecule has 0 spiro atoms. The molecule has 0 aromatic rings. The van der Waals surface area contributed by atoms with Crippen LogP contribution in [0.4, 0.5) is 0 Å². The average molecular weight is 389 g/mol. The zero-order valence-electron chi connectivity index (χ0n) is 16.6. The highest BCUT2D eigenvalue weighted by molar-refractivity contribution is 7.94. The third-order valence-electron chi connectivity index (χ3n) is 4.66. The first-order chi connectivity index (χ1) is 11.8. The van der Waals surface area contributed by atoms with Gasteiger partial charge < -0.3 is 20.2 Å². The Hall–Kier alpha value is -1.41. The maximum Gasteiger partial charge on any atom is 0.241 e. The molecule has 1 saturated heterocycles. The lowest BCUT2D eigenvalue weighted by atomic mass is 9.89. The maximum absolute atomic E-state index is 12.9. The Labute approximate surface area is 156 Å². The zero-order chi connectivity index (χ0) is 20.2. The quantitative estimate of drug-likeness (QED) is 0.513. The minimum atomic E-state index is -3.66. The molecule has 0 aromatic heterocycles. The molecule has 7 nitrogen and oxygen atoms in total. The summed E-state index contributed by atoms with van der Waals surface area (Å²) < 4.78 is 34.6. The van der Waals surface area contributed by atoms with E-state index in [4.69, 9.17) is 14.9 Å². The van der Waals surface area contributed by atoms with Crippen molar-refractivity contribution in [3.8, 4) is 0 Å². The molecule has 1 heterocycles. The second-order valence-corrected chi connectivity index (χ2v) is 10.8. The molecule has 0 aromatic carbocycles. The average Bonchev–Trinajstić information content (AvgIpc) is 2.57. The maximum atomic E-state index is 12.9. The van der Waals surface area contributed by atoms with Gasteiger partial charge in [-0.05, 0) is 32.8 Å². The first-order valence-corrected chi connectivity index (χ1v) is 10.3. The fraction of sp³-hybridized carbons (Fsp3) is 0.778. The number of carbonyl (C=O) groups excluding carboxylic acids is 1. The number of sulfone groups is 1. The molecule has 1 amide bonds. The molecular formula is C18H32N2O5S. The molecule has 0 unspecified atom stereocenters. The van der Waals surface area contributed by atoms with Crippen LogP contribution in [-0.2, 0) is 24.1 Å². The normalized spacial score (nSPS) is 17.7. The molecule has 2 N–H and O–H groups in total. The van der Waals surface area contributed by atoms with Crippen LogP contribution in [-0.4, -0.2) is 56.9 Å². The number of allylic oxidation sites excluding steroid dienone is 1. The highest BCUT2D eigenvalue weighted by atomic mass is 32.2. The van der Waals surface area contributed by atoms with Crippen molar-refractivity contribution in [2.24, 2.45) is 5.41 Å². The van der Waals surface area contributed by atoms with Gasteiger partial charge >= 0.3 is 0 Å². The number of carbonyl (C=O) groups is 1. The SMILES string of the molecule is CO/C(=C\C(=N)C(C)(C)C)CNC(=O)C(C)(C)S(=O)(=O)C1CCOCC1. The van der Waals surface area contributed by atoms with E-state index in [0.717, 1.165) is 0 Å². The van der Waals surface area contributed by atoms with Crippen molar-refractivity contribution in [1.29, 1.82) is 5.41 Å². The van der Waals surface area contributed by atoms with Crippen molar-refractivity contribution in [3.63, 3.8) is 0 Å². The smallest absolute Gasteiger partial charge is 0.241 e. The van der Waals surface area contributed by atoms with Crippen LogP contribution < -0.4 is 5.32 Å². The molecule has 150 valence electrons. The molecule has 1 aliphatic rings. The molecular weight excluding hydrogens is 356 g/mol. The number of ether oxygens (including phenoxy) is 2. The first-order valence-electron chi connectivity index (χ1n) is 8.77. The number of hydrogen-bond donors (Lipinski definition) is 2. The van der Waals surface area contributed by atoms with Crippen molar-refractivity contribution in [2.75, 3.05) is 26.9 Å². The van der Waals surface area contributed by atoms with Gasteiger partial charge in [0.25, 0.3) is 0 Å². The molecule has 0 bridgehead atoms. The van der Waals surface area contributed by atoms with Crippen molar-refractivity contribution < 1.29 is 22.7 Å². The van der Waals surface area contributed by atoms with E-state index >= 15 is 0 Å². The second kappa shape index (κ2) is 8.52. The molecule has 26 heavy (non-hydrogen) atoms. The van der Waals surface area contributed by atoms with Gasteiger partial charge in [-0.3, -0.25) is 4.79 Å². The minimum absolute atomic E-state index is 0.0283. The van der Waals surface area contributed by atoms with Gasteiger partial charge in [-0.1, -0.05) is 20.8 Å². The summed E-state index contributed by atoms with van der Waals surface area (Å²) in [6.07, 6.45) is 2.37. The van der Waals surface area contributed by atoms with Gasteiger partial charge in [0.1, 0.15) is 10.5 Å². The van der Waals surface area contributed by atoms with E-state index < -0.39 is 25.7 Å². The molecule has 0 atom stereocenters. The highest BCUT2D eigenvalue weighted by Gasteiger charge is 2.46. The van der Waals surface area contributed by atoms with E-state index in [0.29, 0.717) is 37.5 Å². The summed E-state index contributed by atoms with van der Waals surface area (Å²) in [6, 6.07) is 0. The Morgan fingerprint density at radius 2 is 1.77 bits per heavy atom. The number of amides is 1. The standard InChI is InChI=1S/C18H32N2O5S/c1-17(2,3)15(19)11-13(24-6)12-20-16(21)18(4,5)26(22,23)14-7-9-25-10-8-14/h11,14,19H,7-10,12H2,1-6H3,(H,20,21)/b13-11-,19-15?. The molecule has 1 fully saturated rings. The van der Waals surface area contributed by atoms with Gasteiger partial charge in [0.15, 0.2) is 9.84 Å². The molecule has 0 saturated carbocycles. The van der Waals surface area contributed by atoms with Crippen LogP contribution in [0.15, 0.2) is 11.8 Å². The van der Waals surface area contributed by atoms with Crippen molar-refractivity contribution in [3.05, 3.63) is 11.8 Å².